The Hall–Kier alpha value is -2.65. The van der Waals surface area contributed by atoms with Crippen LogP contribution in [0.25, 0.3) is 11.1 Å². The second kappa shape index (κ2) is 7.76. The van der Waals surface area contributed by atoms with Crippen molar-refractivity contribution in [2.24, 2.45) is 11.1 Å². The van der Waals surface area contributed by atoms with Gasteiger partial charge in [0.15, 0.2) is 0 Å². The van der Waals surface area contributed by atoms with Crippen molar-refractivity contribution in [1.82, 2.24) is 4.57 Å². The molecule has 2 nitrogen and oxygen atoms in total. The van der Waals surface area contributed by atoms with Crippen LogP contribution in [-0.4, -0.2) is 4.57 Å². The molecule has 0 aliphatic rings. The zero-order valence-corrected chi connectivity index (χ0v) is 17.1. The number of benzene rings is 2. The van der Waals surface area contributed by atoms with Gasteiger partial charge in [-0.25, -0.2) is 4.39 Å². The monoisotopic (exact) mass is 376 g/mol. The van der Waals surface area contributed by atoms with E-state index in [0.717, 1.165) is 27.9 Å². The number of nitrogens with two attached hydrogens (primary N) is 1. The predicted octanol–water partition coefficient (Wildman–Crippen LogP) is 6.42. The summed E-state index contributed by atoms with van der Waals surface area (Å²) in [6, 6.07) is 17.0. The number of allylic oxidation sites excluding steroid dienone is 1. The molecule has 1 heterocycles. The Balaban J connectivity index is 2.21. The summed E-state index contributed by atoms with van der Waals surface area (Å²) in [5.41, 5.74) is 11.6. The van der Waals surface area contributed by atoms with Crippen LogP contribution >= 0.6 is 0 Å². The van der Waals surface area contributed by atoms with Crippen LogP contribution in [0.2, 0.25) is 0 Å². The third kappa shape index (κ3) is 3.95. The van der Waals surface area contributed by atoms with Gasteiger partial charge in [0, 0.05) is 23.5 Å². The van der Waals surface area contributed by atoms with Gasteiger partial charge in [-0.05, 0) is 47.2 Å². The number of hydrogen-bond donors (Lipinski definition) is 1. The highest BCUT2D eigenvalue weighted by atomic mass is 19.1. The summed E-state index contributed by atoms with van der Waals surface area (Å²) < 4.78 is 16.1. The SMILES string of the molecule is C=CC(c1ccccc1)n1cc(-c2cc(F)ccc2C)cc1C(N)C(C)(C)C. The molecule has 0 radical (unpaired) electrons. The van der Waals surface area contributed by atoms with Crippen molar-refractivity contribution in [2.75, 3.05) is 0 Å². The van der Waals surface area contributed by atoms with Crippen molar-refractivity contribution in [3.63, 3.8) is 0 Å². The summed E-state index contributed by atoms with van der Waals surface area (Å²) >= 11 is 0. The highest BCUT2D eigenvalue weighted by Gasteiger charge is 2.28. The summed E-state index contributed by atoms with van der Waals surface area (Å²) in [5.74, 6) is -0.238. The van der Waals surface area contributed by atoms with E-state index in [1.165, 1.54) is 6.07 Å². The molecule has 1 aromatic heterocycles. The summed E-state index contributed by atoms with van der Waals surface area (Å²) in [5, 5.41) is 0. The fourth-order valence-corrected chi connectivity index (χ4v) is 3.54. The van der Waals surface area contributed by atoms with Crippen LogP contribution < -0.4 is 5.73 Å². The van der Waals surface area contributed by atoms with E-state index in [4.69, 9.17) is 5.73 Å². The lowest BCUT2D eigenvalue weighted by Gasteiger charge is -2.30. The third-order valence-electron chi connectivity index (χ3n) is 5.31. The van der Waals surface area contributed by atoms with E-state index in [-0.39, 0.29) is 23.3 Å². The average Bonchev–Trinajstić information content (AvgIpc) is 3.08. The predicted molar refractivity (Wildman–Crippen MR) is 116 cm³/mol. The van der Waals surface area contributed by atoms with Gasteiger partial charge in [-0.2, -0.15) is 0 Å². The molecule has 2 atom stereocenters. The Kier molecular flexibility index (Phi) is 5.57. The van der Waals surface area contributed by atoms with Gasteiger partial charge in [0.25, 0.3) is 0 Å². The van der Waals surface area contributed by atoms with Gasteiger partial charge < -0.3 is 10.3 Å². The number of aromatic nitrogens is 1. The summed E-state index contributed by atoms with van der Waals surface area (Å²) in [6.07, 6.45) is 4.00. The number of nitrogens with zero attached hydrogens (tertiary/aromatic N) is 1. The Labute approximate surface area is 167 Å². The Morgan fingerprint density at radius 1 is 1.07 bits per heavy atom. The van der Waals surface area contributed by atoms with E-state index in [9.17, 15) is 4.39 Å². The molecule has 2 N–H and O–H groups in total. The van der Waals surface area contributed by atoms with Gasteiger partial charge in [-0.1, -0.05) is 63.2 Å². The van der Waals surface area contributed by atoms with E-state index >= 15 is 0 Å². The Morgan fingerprint density at radius 3 is 2.36 bits per heavy atom. The zero-order valence-electron chi connectivity index (χ0n) is 17.1. The molecule has 0 aliphatic carbocycles. The molecular formula is C25H29FN2. The van der Waals surface area contributed by atoms with Gasteiger partial charge in [0.1, 0.15) is 5.82 Å². The largest absolute Gasteiger partial charge is 0.338 e. The molecule has 28 heavy (non-hydrogen) atoms. The smallest absolute Gasteiger partial charge is 0.123 e. The molecular weight excluding hydrogens is 347 g/mol. The molecule has 0 aliphatic heterocycles. The second-order valence-corrected chi connectivity index (χ2v) is 8.46. The molecule has 0 spiro atoms. The minimum atomic E-state index is -0.238. The minimum absolute atomic E-state index is 0.0489. The van der Waals surface area contributed by atoms with Crippen LogP contribution in [-0.2, 0) is 0 Å². The van der Waals surface area contributed by atoms with E-state index in [1.54, 1.807) is 6.07 Å². The van der Waals surface area contributed by atoms with Gasteiger partial charge in [-0.3, -0.25) is 0 Å². The van der Waals surface area contributed by atoms with Crippen LogP contribution in [0.5, 0.6) is 0 Å². The standard InChI is InChI=1S/C25H29FN2/c1-6-22(18-10-8-7-9-11-18)28-16-19(14-23(28)24(27)25(3,4)5)21-15-20(26)13-12-17(21)2/h6-16,22,24H,1,27H2,2-5H3. The van der Waals surface area contributed by atoms with Gasteiger partial charge >= 0.3 is 0 Å². The molecule has 2 aromatic carbocycles. The van der Waals surface area contributed by atoms with Crippen LogP contribution in [0, 0.1) is 18.2 Å². The molecule has 3 aromatic rings. The highest BCUT2D eigenvalue weighted by Crippen LogP contribution is 2.37. The molecule has 0 bridgehead atoms. The number of rotatable bonds is 5. The van der Waals surface area contributed by atoms with Crippen LogP contribution in [0.4, 0.5) is 4.39 Å². The molecule has 0 fully saturated rings. The zero-order chi connectivity index (χ0) is 20.5. The van der Waals surface area contributed by atoms with E-state index in [0.29, 0.717) is 0 Å². The number of hydrogen-bond acceptors (Lipinski definition) is 1. The molecule has 146 valence electrons. The fraction of sp³-hybridized carbons (Fsp3) is 0.280. The summed E-state index contributed by atoms with van der Waals surface area (Å²) in [6.45, 7) is 12.5. The van der Waals surface area contributed by atoms with Crippen molar-refractivity contribution in [3.05, 3.63) is 96.1 Å². The van der Waals surface area contributed by atoms with Crippen molar-refractivity contribution in [1.29, 1.82) is 0 Å². The van der Waals surface area contributed by atoms with Crippen LogP contribution in [0.3, 0.4) is 0 Å². The maximum atomic E-state index is 13.9. The Morgan fingerprint density at radius 2 is 1.75 bits per heavy atom. The van der Waals surface area contributed by atoms with Crippen LogP contribution in [0.15, 0.2) is 73.4 Å². The summed E-state index contributed by atoms with van der Waals surface area (Å²) in [7, 11) is 0. The van der Waals surface area contributed by atoms with Gasteiger partial charge in [-0.15, -0.1) is 6.58 Å². The first-order chi connectivity index (χ1) is 13.2. The normalized spacial score (nSPS) is 13.9. The van der Waals surface area contributed by atoms with Crippen LogP contribution in [0.1, 0.15) is 49.7 Å². The molecule has 2 unspecified atom stereocenters. The van der Waals surface area contributed by atoms with Crippen molar-refractivity contribution in [3.8, 4) is 11.1 Å². The van der Waals surface area contributed by atoms with Crippen molar-refractivity contribution >= 4 is 0 Å². The lowest BCUT2D eigenvalue weighted by molar-refractivity contribution is 0.313. The topological polar surface area (TPSA) is 30.9 Å². The molecule has 0 saturated heterocycles. The lowest BCUT2D eigenvalue weighted by Crippen LogP contribution is -2.29. The van der Waals surface area contributed by atoms with Gasteiger partial charge in [0.05, 0.1) is 6.04 Å². The molecule has 3 heteroatoms. The Bertz CT molecular complexity index is 964. The highest BCUT2D eigenvalue weighted by molar-refractivity contribution is 5.68. The van der Waals surface area contributed by atoms with E-state index in [1.807, 2.05) is 37.3 Å². The quantitative estimate of drug-likeness (QED) is 0.512. The van der Waals surface area contributed by atoms with E-state index < -0.39 is 0 Å². The fourth-order valence-electron chi connectivity index (χ4n) is 3.54. The number of halogens is 1. The van der Waals surface area contributed by atoms with Gasteiger partial charge in [0.2, 0.25) is 0 Å². The molecule has 0 saturated carbocycles. The first kappa shape index (κ1) is 20.1. The molecule has 0 amide bonds. The first-order valence-corrected chi connectivity index (χ1v) is 9.63. The lowest BCUT2D eigenvalue weighted by atomic mass is 9.85. The summed E-state index contributed by atoms with van der Waals surface area (Å²) in [4.78, 5) is 0. The molecule has 3 rings (SSSR count). The maximum absolute atomic E-state index is 13.9. The maximum Gasteiger partial charge on any atom is 0.123 e. The average molecular weight is 377 g/mol. The number of aryl methyl sites for hydroxylation is 1. The third-order valence-corrected chi connectivity index (χ3v) is 5.31. The van der Waals surface area contributed by atoms with E-state index in [2.05, 4.69) is 56.3 Å². The van der Waals surface area contributed by atoms with Crippen molar-refractivity contribution < 1.29 is 4.39 Å². The second-order valence-electron chi connectivity index (χ2n) is 8.46. The minimum Gasteiger partial charge on any atom is -0.338 e. The first-order valence-electron chi connectivity index (χ1n) is 9.63. The van der Waals surface area contributed by atoms with Crippen molar-refractivity contribution in [2.45, 2.75) is 39.8 Å².